The average molecular weight is 402 g/mol. The first-order valence-electron chi connectivity index (χ1n) is 10.5. The standard InChI is InChI=1S/C25H26N2O3/c1-2-5-20(15-25(28)29)19-10-12-23(13-11-19)30-17-18-8-9-21-16-26-27(24(21)14-18)22-6-3-4-7-22/h8-14,16,20,22H,3-4,6-7,15,17H2,1H3,(H,28,29). The zero-order valence-electron chi connectivity index (χ0n) is 17.2. The molecule has 30 heavy (non-hydrogen) atoms. The molecule has 1 aliphatic carbocycles. The molecule has 4 rings (SSSR count). The highest BCUT2D eigenvalue weighted by atomic mass is 16.5. The van der Waals surface area contributed by atoms with E-state index in [1.165, 1.54) is 31.2 Å². The van der Waals surface area contributed by atoms with Gasteiger partial charge in [0, 0.05) is 5.39 Å². The highest BCUT2D eigenvalue weighted by Gasteiger charge is 2.19. The Hall–Kier alpha value is -3.26. The third-order valence-corrected chi connectivity index (χ3v) is 5.72. The van der Waals surface area contributed by atoms with Crippen LogP contribution in [-0.4, -0.2) is 20.9 Å². The van der Waals surface area contributed by atoms with Crippen LogP contribution in [0.15, 0.2) is 48.7 Å². The molecule has 3 aromatic rings. The van der Waals surface area contributed by atoms with E-state index in [4.69, 9.17) is 9.84 Å². The Morgan fingerprint density at radius 3 is 2.70 bits per heavy atom. The van der Waals surface area contributed by atoms with Gasteiger partial charge < -0.3 is 9.84 Å². The smallest absolute Gasteiger partial charge is 0.304 e. The van der Waals surface area contributed by atoms with E-state index in [1.807, 2.05) is 30.5 Å². The van der Waals surface area contributed by atoms with E-state index in [9.17, 15) is 4.79 Å². The maximum atomic E-state index is 11.1. The van der Waals surface area contributed by atoms with E-state index in [0.29, 0.717) is 12.6 Å². The second-order valence-electron chi connectivity index (χ2n) is 7.82. The van der Waals surface area contributed by atoms with Crippen LogP contribution in [0.4, 0.5) is 0 Å². The van der Waals surface area contributed by atoms with Crippen LogP contribution in [0.5, 0.6) is 5.75 Å². The van der Waals surface area contributed by atoms with Crippen molar-refractivity contribution >= 4 is 16.9 Å². The first-order valence-corrected chi connectivity index (χ1v) is 10.5. The number of benzene rings is 2. The van der Waals surface area contributed by atoms with Crippen LogP contribution in [0.3, 0.4) is 0 Å². The number of hydrogen-bond acceptors (Lipinski definition) is 3. The lowest BCUT2D eigenvalue weighted by molar-refractivity contribution is -0.137. The van der Waals surface area contributed by atoms with Crippen molar-refractivity contribution in [2.45, 2.75) is 57.6 Å². The van der Waals surface area contributed by atoms with E-state index >= 15 is 0 Å². The number of aromatic nitrogens is 2. The van der Waals surface area contributed by atoms with Gasteiger partial charge in [-0.25, -0.2) is 0 Å². The first kappa shape index (κ1) is 20.0. The number of carboxylic acids is 1. The Bertz CT molecular complexity index is 1080. The van der Waals surface area contributed by atoms with Gasteiger partial charge in [-0.15, -0.1) is 5.92 Å². The van der Waals surface area contributed by atoms with E-state index in [2.05, 4.69) is 39.8 Å². The summed E-state index contributed by atoms with van der Waals surface area (Å²) in [6.45, 7) is 2.19. The minimum Gasteiger partial charge on any atom is -0.489 e. The largest absolute Gasteiger partial charge is 0.489 e. The molecule has 0 amide bonds. The summed E-state index contributed by atoms with van der Waals surface area (Å²) in [5, 5.41) is 14.9. The maximum Gasteiger partial charge on any atom is 0.304 e. The van der Waals surface area contributed by atoms with Crippen LogP contribution in [0.1, 0.15) is 62.1 Å². The fourth-order valence-electron chi connectivity index (χ4n) is 4.18. The van der Waals surface area contributed by atoms with Gasteiger partial charge >= 0.3 is 5.97 Å². The van der Waals surface area contributed by atoms with Gasteiger partial charge in [0.15, 0.2) is 0 Å². The van der Waals surface area contributed by atoms with Crippen LogP contribution < -0.4 is 4.74 Å². The zero-order chi connectivity index (χ0) is 20.9. The van der Waals surface area contributed by atoms with Gasteiger partial charge in [-0.2, -0.15) is 5.10 Å². The number of nitrogens with zero attached hydrogens (tertiary/aromatic N) is 2. The summed E-state index contributed by atoms with van der Waals surface area (Å²) in [6.07, 6.45) is 6.91. The third-order valence-electron chi connectivity index (χ3n) is 5.72. The molecule has 1 N–H and O–H groups in total. The van der Waals surface area contributed by atoms with Gasteiger partial charge in [-0.1, -0.05) is 43.0 Å². The first-order chi connectivity index (χ1) is 14.6. The molecule has 0 aliphatic heterocycles. The van der Waals surface area contributed by atoms with Crippen molar-refractivity contribution in [2.24, 2.45) is 0 Å². The number of carboxylic acid groups (broad SMARTS) is 1. The number of hydrogen-bond donors (Lipinski definition) is 1. The van der Waals surface area contributed by atoms with Gasteiger partial charge in [-0.3, -0.25) is 9.48 Å². The molecule has 154 valence electrons. The maximum absolute atomic E-state index is 11.1. The quantitative estimate of drug-likeness (QED) is 0.544. The minimum atomic E-state index is -0.852. The van der Waals surface area contributed by atoms with Crippen LogP contribution in [0.25, 0.3) is 10.9 Å². The molecule has 0 bridgehead atoms. The zero-order valence-corrected chi connectivity index (χ0v) is 17.2. The Labute approximate surface area is 176 Å². The summed E-state index contributed by atoms with van der Waals surface area (Å²) in [5.41, 5.74) is 3.17. The molecule has 1 saturated carbocycles. The second kappa shape index (κ2) is 9.04. The van der Waals surface area contributed by atoms with Crippen molar-refractivity contribution in [3.8, 4) is 17.6 Å². The molecule has 1 aromatic heterocycles. The molecule has 0 radical (unpaired) electrons. The van der Waals surface area contributed by atoms with E-state index in [-0.39, 0.29) is 12.3 Å². The normalized spacial score (nSPS) is 15.0. The Morgan fingerprint density at radius 2 is 2.00 bits per heavy atom. The predicted molar refractivity (Wildman–Crippen MR) is 116 cm³/mol. The number of fused-ring (bicyclic) bond motifs is 1. The Kier molecular flexibility index (Phi) is 6.04. The molecule has 5 nitrogen and oxygen atoms in total. The Morgan fingerprint density at radius 1 is 1.23 bits per heavy atom. The summed E-state index contributed by atoms with van der Waals surface area (Å²) in [4.78, 5) is 11.1. The molecule has 1 heterocycles. The predicted octanol–water partition coefficient (Wildman–Crippen LogP) is 5.31. The van der Waals surface area contributed by atoms with E-state index in [0.717, 1.165) is 22.3 Å². The number of ether oxygens (including phenoxy) is 1. The minimum absolute atomic E-state index is 0.00423. The molecule has 1 atom stereocenters. The van der Waals surface area contributed by atoms with Crippen molar-refractivity contribution in [1.29, 1.82) is 0 Å². The lowest BCUT2D eigenvalue weighted by Gasteiger charge is -2.13. The lowest BCUT2D eigenvalue weighted by Crippen LogP contribution is -2.06. The van der Waals surface area contributed by atoms with Crippen LogP contribution >= 0.6 is 0 Å². The summed E-state index contributed by atoms with van der Waals surface area (Å²) in [7, 11) is 0. The third kappa shape index (κ3) is 4.49. The van der Waals surface area contributed by atoms with Crippen molar-refractivity contribution in [2.75, 3.05) is 0 Å². The second-order valence-corrected chi connectivity index (χ2v) is 7.82. The molecule has 5 heteroatoms. The molecule has 1 fully saturated rings. The fraction of sp³-hybridized carbons (Fsp3) is 0.360. The molecule has 0 spiro atoms. The molecule has 1 aliphatic rings. The molecule has 1 unspecified atom stereocenters. The van der Waals surface area contributed by atoms with Crippen LogP contribution in [-0.2, 0) is 11.4 Å². The van der Waals surface area contributed by atoms with E-state index in [1.54, 1.807) is 6.92 Å². The number of aliphatic carboxylic acids is 1. The highest BCUT2D eigenvalue weighted by Crippen LogP contribution is 2.32. The molecular weight excluding hydrogens is 376 g/mol. The summed E-state index contributed by atoms with van der Waals surface area (Å²) in [6, 6.07) is 14.4. The van der Waals surface area contributed by atoms with Gasteiger partial charge in [-0.05, 0) is 49.1 Å². The van der Waals surface area contributed by atoms with Crippen molar-refractivity contribution in [1.82, 2.24) is 9.78 Å². The van der Waals surface area contributed by atoms with Crippen LogP contribution in [0, 0.1) is 11.8 Å². The Balaban J connectivity index is 1.45. The number of carbonyl (C=O) groups is 1. The SMILES string of the molecule is CC#CC(CC(=O)O)c1ccc(OCc2ccc3cnn(C4CCCC4)c3c2)cc1. The van der Waals surface area contributed by atoms with Gasteiger partial charge in [0.25, 0.3) is 0 Å². The lowest BCUT2D eigenvalue weighted by atomic mass is 9.96. The van der Waals surface area contributed by atoms with Crippen molar-refractivity contribution in [3.05, 3.63) is 59.8 Å². The topological polar surface area (TPSA) is 64.3 Å². The van der Waals surface area contributed by atoms with Gasteiger partial charge in [0.05, 0.1) is 30.1 Å². The molecule has 2 aromatic carbocycles. The van der Waals surface area contributed by atoms with Crippen LogP contribution in [0.2, 0.25) is 0 Å². The van der Waals surface area contributed by atoms with Gasteiger partial charge in [0.2, 0.25) is 0 Å². The summed E-state index contributed by atoms with van der Waals surface area (Å²) in [5.74, 6) is 5.38. The molecular formula is C25H26N2O3. The monoisotopic (exact) mass is 402 g/mol. The summed E-state index contributed by atoms with van der Waals surface area (Å²) >= 11 is 0. The van der Waals surface area contributed by atoms with Gasteiger partial charge in [0.1, 0.15) is 12.4 Å². The summed E-state index contributed by atoms with van der Waals surface area (Å²) < 4.78 is 8.16. The average Bonchev–Trinajstić information content (AvgIpc) is 3.41. The fourth-order valence-corrected chi connectivity index (χ4v) is 4.18. The number of rotatable bonds is 7. The van der Waals surface area contributed by atoms with E-state index < -0.39 is 5.97 Å². The van der Waals surface area contributed by atoms with Crippen molar-refractivity contribution < 1.29 is 14.6 Å². The molecule has 0 saturated heterocycles. The highest BCUT2D eigenvalue weighted by molar-refractivity contribution is 5.79. The van der Waals surface area contributed by atoms with Crippen molar-refractivity contribution in [3.63, 3.8) is 0 Å².